The second-order valence-electron chi connectivity index (χ2n) is 19.8. The minimum Gasteiger partial charge on any atom is -0.343 e. The Morgan fingerprint density at radius 2 is 0.405 bits per heavy atom. The standard InChI is InChI=1S/C14H28.2C9H17.C6H13.3C4H9.4C3H8.9CH4.3Y/c1-13(2)11-9-7-5-6-8-10-12-14(3)4;2*1-4-5-6-7-8-9(2)3;1-4-5-6(2)3;3*1-4(2)3;4*1-3-2;;;;;;;;;;;;/h5-6,13-14H,7-12H2,1-4H3;2*4-5,9H,1,6-8H2,2-3H3;6H,1,4-5H2,2-3H3;3*4H,1H2,2-3H3;4*3H2,1-2H3;9*1H4;;;/q;6*-1;;;;;;;;;;;;;;;;/b6-5-;2*5-4+;;;;;;;;;;;;;;;;;;;;. The smallest absolute Gasteiger partial charge is 0 e. The fraction of sp³-hybridized carbons (Fsp3) is 0.831. The van der Waals surface area contributed by atoms with Gasteiger partial charge < -0.3 is 27.7 Å². The summed E-state index contributed by atoms with van der Waals surface area (Å²) in [6, 6.07) is 0. The van der Waals surface area contributed by atoms with Gasteiger partial charge in [0.2, 0.25) is 0 Å². The van der Waals surface area contributed by atoms with Crippen molar-refractivity contribution in [2.45, 2.75) is 349 Å². The van der Waals surface area contributed by atoms with Crippen LogP contribution in [0, 0.1) is 88.9 Å². The maximum absolute atomic E-state index is 3.73. The van der Waals surface area contributed by atoms with Crippen molar-refractivity contribution in [1.82, 2.24) is 0 Å². The predicted octanol–water partition coefficient (Wildman–Crippen LogP) is 29.7. The Labute approximate surface area is 565 Å². The number of hydrogen-bond donors (Lipinski definition) is 0. The van der Waals surface area contributed by atoms with Crippen LogP contribution in [0.3, 0.4) is 0 Å². The molecule has 469 valence electrons. The minimum absolute atomic E-state index is 0. The second kappa shape index (κ2) is 164. The quantitative estimate of drug-likeness (QED) is 0.0729. The minimum atomic E-state index is 0. The zero-order chi connectivity index (χ0) is 51.6. The molecule has 0 aromatic heterocycles. The number of hydrogen-bond acceptors (Lipinski definition) is 0. The molecule has 0 nitrogen and oxygen atoms in total. The fourth-order valence-corrected chi connectivity index (χ4v) is 3.46. The molecule has 0 N–H and O–H groups in total. The van der Waals surface area contributed by atoms with E-state index in [9.17, 15) is 0 Å². The van der Waals surface area contributed by atoms with E-state index < -0.39 is 0 Å². The van der Waals surface area contributed by atoms with Crippen LogP contribution in [-0.4, -0.2) is 0 Å². The first kappa shape index (κ1) is 152. The average Bonchev–Trinajstić information content (AvgIpc) is 3.11. The third-order valence-corrected chi connectivity index (χ3v) is 5.89. The molecule has 0 saturated heterocycles. The van der Waals surface area contributed by atoms with E-state index in [1.807, 2.05) is 12.2 Å². The van der Waals surface area contributed by atoms with Crippen LogP contribution in [0.15, 0.2) is 36.5 Å². The molecule has 3 radical (unpaired) electrons. The third-order valence-electron chi connectivity index (χ3n) is 5.89. The molecule has 0 aromatic rings. The molecule has 0 saturated carbocycles. The molecular formula is C71H170Y3-6. The van der Waals surface area contributed by atoms with Gasteiger partial charge in [-0.1, -0.05) is 316 Å². The molecule has 0 aliphatic carbocycles. The summed E-state index contributed by atoms with van der Waals surface area (Å²) in [5.74, 6) is 6.02. The molecular weight excluding hydrogens is 1120 g/mol. The largest absolute Gasteiger partial charge is 0.343 e. The predicted molar refractivity (Wildman–Crippen MR) is 367 cm³/mol. The molecule has 0 heterocycles. The Hall–Kier alpha value is 2.27. The van der Waals surface area contributed by atoms with Crippen molar-refractivity contribution >= 4 is 0 Å². The number of allylic oxidation sites excluding steroid dienone is 6. The zero-order valence-corrected chi connectivity index (χ0v) is 59.3. The van der Waals surface area contributed by atoms with E-state index in [2.05, 4.69) is 232 Å². The van der Waals surface area contributed by atoms with Crippen molar-refractivity contribution in [1.29, 1.82) is 0 Å². The third kappa shape index (κ3) is 499. The Bertz CT molecular complexity index is 587. The van der Waals surface area contributed by atoms with Crippen molar-refractivity contribution in [3.05, 3.63) is 78.0 Å². The summed E-state index contributed by atoms with van der Waals surface area (Å²) in [7, 11) is 0. The van der Waals surface area contributed by atoms with Gasteiger partial charge in [-0.2, -0.15) is 24.2 Å². The Balaban J connectivity index is -0.0000000189. The van der Waals surface area contributed by atoms with Gasteiger partial charge in [0.25, 0.3) is 0 Å². The van der Waals surface area contributed by atoms with E-state index in [-0.39, 0.29) is 165 Å². The molecule has 0 unspecified atom stereocenters. The van der Waals surface area contributed by atoms with Gasteiger partial charge in [-0.05, 0) is 55.3 Å². The first-order valence-electron chi connectivity index (χ1n) is 26.6. The molecule has 0 amide bonds. The van der Waals surface area contributed by atoms with Crippen LogP contribution >= 0.6 is 0 Å². The Kier molecular flexibility index (Phi) is 338. The first-order chi connectivity index (χ1) is 28.8. The molecule has 0 rings (SSSR count). The van der Waals surface area contributed by atoms with Crippen LogP contribution in [0.5, 0.6) is 0 Å². The van der Waals surface area contributed by atoms with E-state index in [0.29, 0.717) is 17.8 Å². The van der Waals surface area contributed by atoms with Gasteiger partial charge in [0, 0.05) is 98.1 Å². The molecule has 0 spiro atoms. The van der Waals surface area contributed by atoms with Crippen molar-refractivity contribution in [2.75, 3.05) is 0 Å². The van der Waals surface area contributed by atoms with Crippen LogP contribution < -0.4 is 0 Å². The van der Waals surface area contributed by atoms with Gasteiger partial charge in [0.05, 0.1) is 0 Å². The maximum atomic E-state index is 3.73. The van der Waals surface area contributed by atoms with Crippen molar-refractivity contribution in [2.24, 2.45) is 47.3 Å². The van der Waals surface area contributed by atoms with Gasteiger partial charge in [-0.25, -0.2) is 38.2 Å². The van der Waals surface area contributed by atoms with Gasteiger partial charge in [-0.3, -0.25) is 0 Å². The maximum Gasteiger partial charge on any atom is 0 e. The summed E-state index contributed by atoms with van der Waals surface area (Å²) in [4.78, 5) is 0. The monoisotopic (exact) mass is 1290 g/mol. The summed E-state index contributed by atoms with van der Waals surface area (Å²) in [5.41, 5.74) is 0. The normalized spacial score (nSPS) is 8.32. The van der Waals surface area contributed by atoms with Gasteiger partial charge in [0.15, 0.2) is 0 Å². The Morgan fingerprint density at radius 3 is 0.486 bits per heavy atom. The molecule has 0 atom stereocenters. The molecule has 0 bridgehead atoms. The van der Waals surface area contributed by atoms with Gasteiger partial charge in [-0.15, -0.1) is 12.8 Å². The van der Waals surface area contributed by atoms with Gasteiger partial charge >= 0.3 is 0 Å². The average molecular weight is 1290 g/mol. The van der Waals surface area contributed by atoms with Crippen LogP contribution in [0.1, 0.15) is 349 Å². The van der Waals surface area contributed by atoms with Gasteiger partial charge in [0.1, 0.15) is 0 Å². The van der Waals surface area contributed by atoms with Crippen LogP contribution in [0.4, 0.5) is 0 Å². The van der Waals surface area contributed by atoms with E-state index in [1.54, 1.807) is 0 Å². The van der Waals surface area contributed by atoms with Crippen molar-refractivity contribution in [3.63, 3.8) is 0 Å². The van der Waals surface area contributed by atoms with E-state index in [1.165, 1.54) is 109 Å². The zero-order valence-electron chi connectivity index (χ0n) is 50.8. The molecule has 0 aliphatic rings. The number of rotatable bonds is 18. The van der Waals surface area contributed by atoms with Crippen LogP contribution in [-0.2, 0) is 98.1 Å². The topological polar surface area (TPSA) is 0 Å². The molecule has 3 heteroatoms. The van der Waals surface area contributed by atoms with Crippen molar-refractivity contribution < 1.29 is 98.1 Å². The summed E-state index contributed by atoms with van der Waals surface area (Å²) in [6.07, 6.45) is 35.8. The van der Waals surface area contributed by atoms with Crippen molar-refractivity contribution in [3.8, 4) is 0 Å². The summed E-state index contributed by atoms with van der Waals surface area (Å²) in [5, 5.41) is 0. The van der Waals surface area contributed by atoms with E-state index in [0.717, 1.165) is 36.0 Å². The molecule has 74 heavy (non-hydrogen) atoms. The van der Waals surface area contributed by atoms with Crippen LogP contribution in [0.25, 0.3) is 0 Å². The van der Waals surface area contributed by atoms with Crippen LogP contribution in [0.2, 0.25) is 0 Å². The van der Waals surface area contributed by atoms with E-state index in [4.69, 9.17) is 0 Å². The molecule has 0 fully saturated rings. The number of unbranched alkanes of at least 4 members (excludes halogenated alkanes) is 4. The summed E-state index contributed by atoms with van der Waals surface area (Å²) < 4.78 is 0. The SMILES string of the molecule is C.C.C.C.C.C.C.C.C.CC(C)CCC/C=C\CCCC(C)C.CCC.CCC.CCC.CCC.[CH2-]/C=C/CCCC(C)C.[CH2-]/C=C/CCCC(C)C.[CH2-]C(C)C.[CH2-]C(C)C.[CH2-]C(C)C.[CH2-]CCC(C)C.[Y].[Y].[Y]. The fourth-order valence-electron chi connectivity index (χ4n) is 3.46. The Morgan fingerprint density at radius 1 is 0.284 bits per heavy atom. The summed E-state index contributed by atoms with van der Waals surface area (Å²) in [6.45, 7) is 73.9. The second-order valence-corrected chi connectivity index (χ2v) is 19.8. The molecule has 0 aliphatic heterocycles. The summed E-state index contributed by atoms with van der Waals surface area (Å²) >= 11 is 0. The van der Waals surface area contributed by atoms with E-state index >= 15 is 0 Å². The molecule has 0 aromatic carbocycles. The first-order valence-corrected chi connectivity index (χ1v) is 26.6.